The first kappa shape index (κ1) is 14.5. The number of carbonyl (C=O) groups is 1. The number of thiophene rings is 1. The van der Waals surface area contributed by atoms with Gasteiger partial charge in [0.25, 0.3) is 0 Å². The van der Waals surface area contributed by atoms with Gasteiger partial charge in [0, 0.05) is 17.5 Å². The quantitative estimate of drug-likeness (QED) is 0.900. The molecule has 0 bridgehead atoms. The van der Waals surface area contributed by atoms with Gasteiger partial charge in [0.05, 0.1) is 0 Å². The van der Waals surface area contributed by atoms with E-state index in [2.05, 4.69) is 13.8 Å². The predicted molar refractivity (Wildman–Crippen MR) is 80.1 cm³/mol. The van der Waals surface area contributed by atoms with Crippen molar-refractivity contribution in [2.75, 3.05) is 6.54 Å². The zero-order valence-electron chi connectivity index (χ0n) is 11.8. The Morgan fingerprint density at radius 2 is 2.16 bits per heavy atom. The van der Waals surface area contributed by atoms with E-state index in [-0.39, 0.29) is 5.91 Å². The molecule has 2 N–H and O–H groups in total. The molecule has 19 heavy (non-hydrogen) atoms. The minimum atomic E-state index is -0.487. The third kappa shape index (κ3) is 3.57. The van der Waals surface area contributed by atoms with Crippen LogP contribution in [0.4, 0.5) is 0 Å². The SMILES string of the molecule is CC(C)CN(C(=O)C(N)c1cccs1)C1CCCC1. The molecule has 0 spiro atoms. The Morgan fingerprint density at radius 1 is 1.47 bits per heavy atom. The van der Waals surface area contributed by atoms with Crippen LogP contribution in [0.25, 0.3) is 0 Å². The Kier molecular flexibility index (Phi) is 4.99. The van der Waals surface area contributed by atoms with Crippen LogP contribution < -0.4 is 5.73 Å². The molecule has 1 aromatic heterocycles. The van der Waals surface area contributed by atoms with E-state index in [0.29, 0.717) is 12.0 Å². The Balaban J connectivity index is 2.10. The maximum atomic E-state index is 12.7. The summed E-state index contributed by atoms with van der Waals surface area (Å²) in [7, 11) is 0. The van der Waals surface area contributed by atoms with Gasteiger partial charge in [-0.15, -0.1) is 11.3 Å². The zero-order chi connectivity index (χ0) is 13.8. The average Bonchev–Trinajstić information content (AvgIpc) is 3.05. The van der Waals surface area contributed by atoms with E-state index in [1.165, 1.54) is 12.8 Å². The first-order valence-electron chi connectivity index (χ1n) is 7.19. The minimum absolute atomic E-state index is 0.100. The highest BCUT2D eigenvalue weighted by Gasteiger charge is 2.31. The van der Waals surface area contributed by atoms with Crippen molar-refractivity contribution < 1.29 is 4.79 Å². The lowest BCUT2D eigenvalue weighted by molar-refractivity contribution is -0.135. The van der Waals surface area contributed by atoms with E-state index in [0.717, 1.165) is 24.3 Å². The Morgan fingerprint density at radius 3 is 2.68 bits per heavy atom. The van der Waals surface area contributed by atoms with E-state index in [4.69, 9.17) is 5.73 Å². The van der Waals surface area contributed by atoms with Crippen LogP contribution >= 0.6 is 11.3 Å². The summed E-state index contributed by atoms with van der Waals surface area (Å²) in [5.74, 6) is 0.586. The molecule has 0 radical (unpaired) electrons. The summed E-state index contributed by atoms with van der Waals surface area (Å²) in [6.45, 7) is 5.14. The maximum absolute atomic E-state index is 12.7. The first-order valence-corrected chi connectivity index (χ1v) is 8.07. The van der Waals surface area contributed by atoms with Gasteiger partial charge in [-0.3, -0.25) is 4.79 Å². The van der Waals surface area contributed by atoms with Crippen molar-refractivity contribution >= 4 is 17.2 Å². The van der Waals surface area contributed by atoms with E-state index in [1.807, 2.05) is 22.4 Å². The zero-order valence-corrected chi connectivity index (χ0v) is 12.7. The summed E-state index contributed by atoms with van der Waals surface area (Å²) in [5, 5.41) is 1.98. The lowest BCUT2D eigenvalue weighted by Crippen LogP contribution is -2.45. The molecule has 3 nitrogen and oxygen atoms in total. The average molecular weight is 280 g/mol. The molecule has 0 aromatic carbocycles. The fraction of sp³-hybridized carbons (Fsp3) is 0.667. The highest BCUT2D eigenvalue weighted by atomic mass is 32.1. The standard InChI is InChI=1S/C15H24N2OS/c1-11(2)10-17(12-6-3-4-7-12)15(18)14(16)13-8-5-9-19-13/h5,8-9,11-12,14H,3-4,6-7,10,16H2,1-2H3. The first-order chi connectivity index (χ1) is 9.09. The van der Waals surface area contributed by atoms with Crippen molar-refractivity contribution in [3.8, 4) is 0 Å². The summed E-state index contributed by atoms with van der Waals surface area (Å²) in [5.41, 5.74) is 6.15. The number of hydrogen-bond donors (Lipinski definition) is 1. The van der Waals surface area contributed by atoms with Gasteiger partial charge in [-0.1, -0.05) is 32.8 Å². The molecule has 1 aliphatic rings. The fourth-order valence-corrected chi connectivity index (χ4v) is 3.52. The van der Waals surface area contributed by atoms with Crippen molar-refractivity contribution in [2.45, 2.75) is 51.6 Å². The number of hydrogen-bond acceptors (Lipinski definition) is 3. The molecular weight excluding hydrogens is 256 g/mol. The molecule has 1 heterocycles. The summed E-state index contributed by atoms with van der Waals surface area (Å²) in [4.78, 5) is 15.7. The molecule has 2 rings (SSSR count). The van der Waals surface area contributed by atoms with Crippen molar-refractivity contribution in [1.82, 2.24) is 4.90 Å². The lowest BCUT2D eigenvalue weighted by Gasteiger charge is -2.32. The van der Waals surface area contributed by atoms with E-state index >= 15 is 0 Å². The third-order valence-electron chi connectivity index (χ3n) is 3.73. The third-order valence-corrected chi connectivity index (χ3v) is 4.68. The van der Waals surface area contributed by atoms with Gasteiger partial charge < -0.3 is 10.6 Å². The Hall–Kier alpha value is -0.870. The molecule has 1 aliphatic carbocycles. The second-order valence-electron chi connectivity index (χ2n) is 5.82. The van der Waals surface area contributed by atoms with Crippen molar-refractivity contribution in [3.05, 3.63) is 22.4 Å². The molecule has 1 unspecified atom stereocenters. The van der Waals surface area contributed by atoms with Gasteiger partial charge in [0.2, 0.25) is 5.91 Å². The Labute approximate surface area is 119 Å². The van der Waals surface area contributed by atoms with Crippen LogP contribution in [0.3, 0.4) is 0 Å². The monoisotopic (exact) mass is 280 g/mol. The van der Waals surface area contributed by atoms with Crippen LogP contribution in [0.1, 0.15) is 50.4 Å². The number of amides is 1. The molecule has 106 valence electrons. The number of nitrogens with two attached hydrogens (primary N) is 1. The maximum Gasteiger partial charge on any atom is 0.245 e. The molecule has 1 aromatic rings. The summed E-state index contributed by atoms with van der Waals surface area (Å²) >= 11 is 1.57. The van der Waals surface area contributed by atoms with Crippen LogP contribution in [-0.4, -0.2) is 23.4 Å². The van der Waals surface area contributed by atoms with Gasteiger partial charge >= 0.3 is 0 Å². The minimum Gasteiger partial charge on any atom is -0.338 e. The number of carbonyl (C=O) groups excluding carboxylic acids is 1. The van der Waals surface area contributed by atoms with Crippen LogP contribution in [0.5, 0.6) is 0 Å². The van der Waals surface area contributed by atoms with Crippen LogP contribution in [0.15, 0.2) is 17.5 Å². The molecule has 4 heteroatoms. The smallest absolute Gasteiger partial charge is 0.245 e. The summed E-state index contributed by atoms with van der Waals surface area (Å²) in [6, 6.07) is 3.82. The van der Waals surface area contributed by atoms with Crippen molar-refractivity contribution in [2.24, 2.45) is 11.7 Å². The van der Waals surface area contributed by atoms with E-state index in [1.54, 1.807) is 11.3 Å². The topological polar surface area (TPSA) is 46.3 Å². The summed E-state index contributed by atoms with van der Waals surface area (Å²) < 4.78 is 0. The lowest BCUT2D eigenvalue weighted by atomic mass is 10.1. The molecule has 1 saturated carbocycles. The molecule has 1 amide bonds. The van der Waals surface area contributed by atoms with Crippen molar-refractivity contribution in [3.63, 3.8) is 0 Å². The molecule has 1 fully saturated rings. The molecular formula is C15H24N2OS. The fourth-order valence-electron chi connectivity index (χ4n) is 2.80. The van der Waals surface area contributed by atoms with Crippen LogP contribution in [-0.2, 0) is 4.79 Å². The van der Waals surface area contributed by atoms with Gasteiger partial charge in [-0.25, -0.2) is 0 Å². The highest BCUT2D eigenvalue weighted by molar-refractivity contribution is 7.10. The van der Waals surface area contributed by atoms with Crippen molar-refractivity contribution in [1.29, 1.82) is 0 Å². The Bertz CT molecular complexity index is 396. The van der Waals surface area contributed by atoms with E-state index < -0.39 is 6.04 Å². The predicted octanol–water partition coefficient (Wildman–Crippen LogP) is 3.18. The second-order valence-corrected chi connectivity index (χ2v) is 6.80. The largest absolute Gasteiger partial charge is 0.338 e. The number of nitrogens with zero attached hydrogens (tertiary/aromatic N) is 1. The van der Waals surface area contributed by atoms with E-state index in [9.17, 15) is 4.79 Å². The van der Waals surface area contributed by atoms with Gasteiger partial charge in [0.15, 0.2) is 0 Å². The van der Waals surface area contributed by atoms with Gasteiger partial charge in [0.1, 0.15) is 6.04 Å². The van der Waals surface area contributed by atoms with Crippen LogP contribution in [0.2, 0.25) is 0 Å². The molecule has 0 aliphatic heterocycles. The molecule has 0 saturated heterocycles. The second kappa shape index (κ2) is 6.53. The van der Waals surface area contributed by atoms with Gasteiger partial charge in [-0.05, 0) is 30.2 Å². The van der Waals surface area contributed by atoms with Gasteiger partial charge in [-0.2, -0.15) is 0 Å². The number of rotatable bonds is 5. The normalized spacial score (nSPS) is 17.9. The molecule has 1 atom stereocenters. The van der Waals surface area contributed by atoms with Crippen LogP contribution in [0, 0.1) is 5.92 Å². The summed E-state index contributed by atoms with van der Waals surface area (Å²) in [6.07, 6.45) is 4.74. The highest BCUT2D eigenvalue weighted by Crippen LogP contribution is 2.27.